The number of sulfonamides is 1. The van der Waals surface area contributed by atoms with Crippen molar-refractivity contribution >= 4 is 21.6 Å². The van der Waals surface area contributed by atoms with Crippen LogP contribution < -0.4 is 4.72 Å². The predicted molar refractivity (Wildman–Crippen MR) is 118 cm³/mol. The SMILES string of the molecule is O=S(=O)(NCc1cccnc1-c1cccnc1)c1cccc(-c2ccc(Cl)cc2)c1. The molecule has 4 rings (SSSR count). The molecule has 0 radical (unpaired) electrons. The normalized spacial score (nSPS) is 11.4. The van der Waals surface area contributed by atoms with Crippen molar-refractivity contribution < 1.29 is 8.42 Å². The molecule has 5 nitrogen and oxygen atoms in total. The molecule has 0 aliphatic rings. The number of hydrogen-bond acceptors (Lipinski definition) is 4. The van der Waals surface area contributed by atoms with Crippen LogP contribution >= 0.6 is 11.6 Å². The lowest BCUT2D eigenvalue weighted by atomic mass is 10.1. The second-order valence-electron chi connectivity index (χ2n) is 6.61. The number of pyridine rings is 2. The zero-order valence-electron chi connectivity index (χ0n) is 15.9. The smallest absolute Gasteiger partial charge is 0.240 e. The summed E-state index contributed by atoms with van der Waals surface area (Å²) in [5.74, 6) is 0. The number of nitrogens with one attached hydrogen (secondary N) is 1. The Labute approximate surface area is 180 Å². The van der Waals surface area contributed by atoms with E-state index in [1.54, 1.807) is 55.0 Å². The van der Waals surface area contributed by atoms with Crippen LogP contribution in [0.4, 0.5) is 0 Å². The van der Waals surface area contributed by atoms with Crippen LogP contribution in [0.5, 0.6) is 0 Å². The first-order chi connectivity index (χ1) is 14.5. The van der Waals surface area contributed by atoms with Gasteiger partial charge in [-0.15, -0.1) is 0 Å². The van der Waals surface area contributed by atoms with Gasteiger partial charge >= 0.3 is 0 Å². The van der Waals surface area contributed by atoms with Gasteiger partial charge in [0.1, 0.15) is 0 Å². The Morgan fingerprint density at radius 2 is 1.60 bits per heavy atom. The molecule has 2 aromatic carbocycles. The molecular weight excluding hydrogens is 418 g/mol. The molecule has 2 aromatic heterocycles. The number of aromatic nitrogens is 2. The van der Waals surface area contributed by atoms with E-state index >= 15 is 0 Å². The molecule has 0 fully saturated rings. The van der Waals surface area contributed by atoms with Crippen molar-refractivity contribution in [3.05, 3.63) is 102 Å². The highest BCUT2D eigenvalue weighted by Gasteiger charge is 2.16. The molecule has 7 heteroatoms. The van der Waals surface area contributed by atoms with Gasteiger partial charge in [-0.3, -0.25) is 9.97 Å². The van der Waals surface area contributed by atoms with Crippen molar-refractivity contribution in [3.8, 4) is 22.4 Å². The van der Waals surface area contributed by atoms with Gasteiger partial charge in [0.05, 0.1) is 10.6 Å². The van der Waals surface area contributed by atoms with Gasteiger partial charge in [-0.1, -0.05) is 41.9 Å². The Hall–Kier alpha value is -3.06. The molecule has 0 saturated carbocycles. The monoisotopic (exact) mass is 435 g/mol. The summed E-state index contributed by atoms with van der Waals surface area (Å²) in [5.41, 5.74) is 3.98. The van der Waals surface area contributed by atoms with E-state index in [2.05, 4.69) is 14.7 Å². The van der Waals surface area contributed by atoms with Gasteiger partial charge in [0, 0.05) is 35.7 Å². The van der Waals surface area contributed by atoms with Gasteiger partial charge in [0.15, 0.2) is 0 Å². The third-order valence-electron chi connectivity index (χ3n) is 4.60. The largest absolute Gasteiger partial charge is 0.264 e. The van der Waals surface area contributed by atoms with Crippen molar-refractivity contribution in [2.45, 2.75) is 11.4 Å². The van der Waals surface area contributed by atoms with E-state index in [9.17, 15) is 8.42 Å². The van der Waals surface area contributed by atoms with Gasteiger partial charge in [0.25, 0.3) is 0 Å². The van der Waals surface area contributed by atoms with Gasteiger partial charge < -0.3 is 0 Å². The van der Waals surface area contributed by atoms with Crippen LogP contribution in [0.1, 0.15) is 5.56 Å². The lowest BCUT2D eigenvalue weighted by Crippen LogP contribution is -2.23. The number of benzene rings is 2. The van der Waals surface area contributed by atoms with Gasteiger partial charge in [-0.05, 0) is 59.2 Å². The molecule has 2 heterocycles. The van der Waals surface area contributed by atoms with Gasteiger partial charge in [0.2, 0.25) is 10.0 Å². The maximum Gasteiger partial charge on any atom is 0.240 e. The standard InChI is InChI=1S/C23H18ClN3O2S/c24-21-10-8-17(9-11-21)18-4-1-7-22(14-18)30(28,29)27-16-20-6-3-13-26-23(20)19-5-2-12-25-15-19/h1-15,27H,16H2. The average molecular weight is 436 g/mol. The lowest BCUT2D eigenvalue weighted by Gasteiger charge is -2.11. The first-order valence-corrected chi connectivity index (χ1v) is 11.1. The van der Waals surface area contributed by atoms with Crippen molar-refractivity contribution in [2.24, 2.45) is 0 Å². The van der Waals surface area contributed by atoms with E-state index in [0.717, 1.165) is 22.3 Å². The minimum Gasteiger partial charge on any atom is -0.264 e. The Balaban J connectivity index is 1.58. The van der Waals surface area contributed by atoms with E-state index in [1.165, 1.54) is 0 Å². The van der Waals surface area contributed by atoms with Crippen LogP contribution in [0.25, 0.3) is 22.4 Å². The first-order valence-electron chi connectivity index (χ1n) is 9.23. The number of rotatable bonds is 6. The molecule has 0 spiro atoms. The topological polar surface area (TPSA) is 72.0 Å². The molecule has 0 unspecified atom stereocenters. The highest BCUT2D eigenvalue weighted by molar-refractivity contribution is 7.89. The Kier molecular flexibility index (Phi) is 5.90. The molecule has 0 aliphatic heterocycles. The van der Waals surface area contributed by atoms with E-state index in [0.29, 0.717) is 10.7 Å². The van der Waals surface area contributed by atoms with E-state index < -0.39 is 10.0 Å². The molecular formula is C23H18ClN3O2S. The molecule has 30 heavy (non-hydrogen) atoms. The van der Waals surface area contributed by atoms with E-state index in [-0.39, 0.29) is 11.4 Å². The van der Waals surface area contributed by atoms with E-state index in [4.69, 9.17) is 11.6 Å². The van der Waals surface area contributed by atoms with Crippen LogP contribution in [0.15, 0.2) is 96.3 Å². The molecule has 150 valence electrons. The fourth-order valence-electron chi connectivity index (χ4n) is 3.09. The molecule has 0 atom stereocenters. The molecule has 0 aliphatic carbocycles. The minimum atomic E-state index is -3.72. The van der Waals surface area contributed by atoms with E-state index in [1.807, 2.05) is 36.4 Å². The highest BCUT2D eigenvalue weighted by Crippen LogP contribution is 2.25. The number of hydrogen-bond donors (Lipinski definition) is 1. The second-order valence-corrected chi connectivity index (χ2v) is 8.82. The maximum atomic E-state index is 12.9. The zero-order valence-corrected chi connectivity index (χ0v) is 17.4. The highest BCUT2D eigenvalue weighted by atomic mass is 35.5. The summed E-state index contributed by atoms with van der Waals surface area (Å²) in [4.78, 5) is 8.71. The van der Waals surface area contributed by atoms with Crippen LogP contribution in [-0.4, -0.2) is 18.4 Å². The number of halogens is 1. The summed E-state index contributed by atoms with van der Waals surface area (Å²) in [6.45, 7) is 0.117. The zero-order chi connectivity index (χ0) is 21.0. The number of nitrogens with zero attached hydrogens (tertiary/aromatic N) is 2. The molecule has 0 saturated heterocycles. The van der Waals surface area contributed by atoms with Gasteiger partial charge in [-0.25, -0.2) is 13.1 Å². The summed E-state index contributed by atoms with van der Waals surface area (Å²) >= 11 is 5.94. The minimum absolute atomic E-state index is 0.117. The molecule has 4 aromatic rings. The lowest BCUT2D eigenvalue weighted by molar-refractivity contribution is 0.581. The van der Waals surface area contributed by atoms with Crippen molar-refractivity contribution in [1.82, 2.24) is 14.7 Å². The summed E-state index contributed by atoms with van der Waals surface area (Å²) in [7, 11) is -3.72. The average Bonchev–Trinajstić information content (AvgIpc) is 2.79. The van der Waals surface area contributed by atoms with Crippen molar-refractivity contribution in [1.29, 1.82) is 0 Å². The molecule has 0 bridgehead atoms. The summed E-state index contributed by atoms with van der Waals surface area (Å²) < 4.78 is 28.5. The quantitative estimate of drug-likeness (QED) is 0.465. The fourth-order valence-corrected chi connectivity index (χ4v) is 4.26. The third kappa shape index (κ3) is 4.57. The first kappa shape index (κ1) is 20.2. The third-order valence-corrected chi connectivity index (χ3v) is 6.25. The Bertz CT molecular complexity index is 1260. The van der Waals surface area contributed by atoms with Crippen LogP contribution in [0, 0.1) is 0 Å². The Morgan fingerprint density at radius 3 is 2.37 bits per heavy atom. The molecule has 1 N–H and O–H groups in total. The fraction of sp³-hybridized carbons (Fsp3) is 0.0435. The van der Waals surface area contributed by atoms with Crippen LogP contribution in [0.2, 0.25) is 5.02 Å². The summed E-state index contributed by atoms with van der Waals surface area (Å²) in [5, 5.41) is 0.630. The second kappa shape index (κ2) is 8.75. The summed E-state index contributed by atoms with van der Waals surface area (Å²) in [6.07, 6.45) is 5.06. The molecule has 0 amide bonds. The van der Waals surface area contributed by atoms with Crippen LogP contribution in [0.3, 0.4) is 0 Å². The van der Waals surface area contributed by atoms with Crippen molar-refractivity contribution in [2.75, 3.05) is 0 Å². The van der Waals surface area contributed by atoms with Crippen LogP contribution in [-0.2, 0) is 16.6 Å². The summed E-state index contributed by atoms with van der Waals surface area (Å²) in [6, 6.07) is 21.4. The maximum absolute atomic E-state index is 12.9. The van der Waals surface area contributed by atoms with Crippen molar-refractivity contribution in [3.63, 3.8) is 0 Å². The Morgan fingerprint density at radius 1 is 0.833 bits per heavy atom. The predicted octanol–water partition coefficient (Wildman–Crippen LogP) is 4.94. The van der Waals surface area contributed by atoms with Gasteiger partial charge in [-0.2, -0.15) is 0 Å².